The first kappa shape index (κ1) is 13.1. The normalized spacial score (nSPS) is 12.4. The van der Waals surface area contributed by atoms with E-state index in [1.54, 1.807) is 18.0 Å². The summed E-state index contributed by atoms with van der Waals surface area (Å²) in [6.07, 6.45) is 0.858. The zero-order chi connectivity index (χ0) is 13.1. The number of methoxy groups -OCH3 is 1. The highest BCUT2D eigenvalue weighted by Crippen LogP contribution is 2.33. The van der Waals surface area contributed by atoms with Gasteiger partial charge in [0.05, 0.1) is 13.3 Å². The van der Waals surface area contributed by atoms with Gasteiger partial charge in [0.2, 0.25) is 0 Å². The SMILES string of the molecule is CCn1ncc(OC)c1C(O)c1ccccc1Br. The Bertz CT molecular complexity index is 518. The van der Waals surface area contributed by atoms with Crippen molar-refractivity contribution in [3.05, 3.63) is 46.2 Å². The molecule has 1 aromatic heterocycles. The molecular formula is C13H15BrN2O2. The molecule has 1 heterocycles. The van der Waals surface area contributed by atoms with Gasteiger partial charge in [-0.2, -0.15) is 5.10 Å². The number of aliphatic hydroxyl groups is 1. The van der Waals surface area contributed by atoms with Crippen LogP contribution < -0.4 is 4.74 Å². The van der Waals surface area contributed by atoms with E-state index in [9.17, 15) is 5.11 Å². The predicted octanol–water partition coefficient (Wildman–Crippen LogP) is 2.76. The van der Waals surface area contributed by atoms with Gasteiger partial charge < -0.3 is 9.84 Å². The minimum absolute atomic E-state index is 0.597. The van der Waals surface area contributed by atoms with Crippen LogP contribution in [0.1, 0.15) is 24.3 Å². The largest absolute Gasteiger partial charge is 0.493 e. The second-order valence-electron chi connectivity index (χ2n) is 3.84. The lowest BCUT2D eigenvalue weighted by Gasteiger charge is -2.15. The summed E-state index contributed by atoms with van der Waals surface area (Å²) >= 11 is 3.44. The number of rotatable bonds is 4. The summed E-state index contributed by atoms with van der Waals surface area (Å²) in [7, 11) is 1.58. The fourth-order valence-electron chi connectivity index (χ4n) is 1.91. The molecule has 0 radical (unpaired) electrons. The Hall–Kier alpha value is -1.33. The van der Waals surface area contributed by atoms with Crippen LogP contribution in [0.25, 0.3) is 0 Å². The van der Waals surface area contributed by atoms with Crippen LogP contribution in [-0.2, 0) is 6.54 Å². The molecule has 0 saturated heterocycles. The average Bonchev–Trinajstić information content (AvgIpc) is 2.81. The Balaban J connectivity index is 2.48. The minimum Gasteiger partial charge on any atom is -0.493 e. The molecule has 96 valence electrons. The average molecular weight is 311 g/mol. The Kier molecular flexibility index (Phi) is 4.04. The van der Waals surface area contributed by atoms with Gasteiger partial charge in [-0.1, -0.05) is 34.1 Å². The Morgan fingerprint density at radius 2 is 2.17 bits per heavy atom. The second-order valence-corrected chi connectivity index (χ2v) is 4.69. The molecule has 1 N–H and O–H groups in total. The number of aromatic nitrogens is 2. The maximum Gasteiger partial charge on any atom is 0.163 e. The Labute approximate surface area is 114 Å². The third kappa shape index (κ3) is 2.28. The molecule has 1 atom stereocenters. The summed E-state index contributed by atoms with van der Waals surface area (Å²) in [5.74, 6) is 0.597. The van der Waals surface area contributed by atoms with Crippen LogP contribution in [-0.4, -0.2) is 22.0 Å². The second kappa shape index (κ2) is 5.54. The van der Waals surface area contributed by atoms with E-state index >= 15 is 0 Å². The molecule has 0 aliphatic heterocycles. The van der Waals surface area contributed by atoms with Crippen molar-refractivity contribution < 1.29 is 9.84 Å². The van der Waals surface area contributed by atoms with Crippen LogP contribution in [0.2, 0.25) is 0 Å². The summed E-state index contributed by atoms with van der Waals surface area (Å²) < 4.78 is 7.85. The Morgan fingerprint density at radius 1 is 1.44 bits per heavy atom. The number of hydrogen-bond acceptors (Lipinski definition) is 3. The van der Waals surface area contributed by atoms with Gasteiger partial charge in [-0.3, -0.25) is 4.68 Å². The van der Waals surface area contributed by atoms with Crippen LogP contribution in [0.4, 0.5) is 0 Å². The molecule has 2 aromatic rings. The fraction of sp³-hybridized carbons (Fsp3) is 0.308. The van der Waals surface area contributed by atoms with E-state index in [1.165, 1.54) is 0 Å². The standard InChI is InChI=1S/C13H15BrN2O2/c1-3-16-12(11(18-2)8-15-16)13(17)9-6-4-5-7-10(9)14/h4-8,13,17H,3H2,1-2H3. The lowest BCUT2D eigenvalue weighted by molar-refractivity contribution is 0.202. The van der Waals surface area contributed by atoms with Gasteiger partial charge in [-0.15, -0.1) is 0 Å². The van der Waals surface area contributed by atoms with Crippen LogP contribution in [0.3, 0.4) is 0 Å². The van der Waals surface area contributed by atoms with Crippen molar-refractivity contribution in [2.45, 2.75) is 19.6 Å². The third-order valence-electron chi connectivity index (χ3n) is 2.82. The van der Waals surface area contributed by atoms with E-state index in [1.807, 2.05) is 31.2 Å². The first-order valence-corrected chi connectivity index (χ1v) is 6.50. The summed E-state index contributed by atoms with van der Waals surface area (Å²) in [5, 5.41) is 14.7. The molecule has 0 bridgehead atoms. The molecule has 0 fully saturated rings. The molecule has 0 saturated carbocycles. The van der Waals surface area contributed by atoms with E-state index in [4.69, 9.17) is 4.74 Å². The van der Waals surface area contributed by atoms with E-state index in [0.29, 0.717) is 18.0 Å². The monoisotopic (exact) mass is 310 g/mol. The first-order valence-electron chi connectivity index (χ1n) is 5.71. The lowest BCUT2D eigenvalue weighted by atomic mass is 10.1. The fourth-order valence-corrected chi connectivity index (χ4v) is 2.41. The number of halogens is 1. The lowest BCUT2D eigenvalue weighted by Crippen LogP contribution is -2.10. The van der Waals surface area contributed by atoms with Crippen LogP contribution in [0.5, 0.6) is 5.75 Å². The van der Waals surface area contributed by atoms with Gasteiger partial charge in [0.1, 0.15) is 11.8 Å². The quantitative estimate of drug-likeness (QED) is 0.944. The number of aliphatic hydroxyl groups excluding tert-OH is 1. The van der Waals surface area contributed by atoms with Crippen molar-refractivity contribution in [1.29, 1.82) is 0 Å². The molecule has 0 spiro atoms. The minimum atomic E-state index is -0.766. The third-order valence-corrected chi connectivity index (χ3v) is 3.55. The van der Waals surface area contributed by atoms with E-state index in [-0.39, 0.29) is 0 Å². The topological polar surface area (TPSA) is 47.3 Å². The highest BCUT2D eigenvalue weighted by atomic mass is 79.9. The molecule has 5 heteroatoms. The van der Waals surface area contributed by atoms with Crippen molar-refractivity contribution in [3.8, 4) is 5.75 Å². The molecule has 18 heavy (non-hydrogen) atoms. The molecular weight excluding hydrogens is 296 g/mol. The van der Waals surface area contributed by atoms with Gasteiger partial charge in [-0.25, -0.2) is 0 Å². The van der Waals surface area contributed by atoms with Crippen molar-refractivity contribution in [2.24, 2.45) is 0 Å². The number of ether oxygens (including phenoxy) is 1. The Morgan fingerprint density at radius 3 is 2.78 bits per heavy atom. The summed E-state index contributed by atoms with van der Waals surface area (Å²) in [4.78, 5) is 0. The smallest absolute Gasteiger partial charge is 0.163 e. The molecule has 0 aliphatic carbocycles. The van der Waals surface area contributed by atoms with Gasteiger partial charge in [0, 0.05) is 16.6 Å². The number of benzene rings is 1. The van der Waals surface area contributed by atoms with E-state index in [0.717, 1.165) is 10.0 Å². The van der Waals surface area contributed by atoms with Gasteiger partial charge in [-0.05, 0) is 13.0 Å². The zero-order valence-electron chi connectivity index (χ0n) is 10.3. The highest BCUT2D eigenvalue weighted by Gasteiger charge is 2.22. The zero-order valence-corrected chi connectivity index (χ0v) is 11.9. The summed E-state index contributed by atoms with van der Waals surface area (Å²) in [6.45, 7) is 2.66. The van der Waals surface area contributed by atoms with Crippen molar-refractivity contribution in [3.63, 3.8) is 0 Å². The number of hydrogen-bond donors (Lipinski definition) is 1. The van der Waals surface area contributed by atoms with Crippen molar-refractivity contribution in [2.75, 3.05) is 7.11 Å². The summed E-state index contributed by atoms with van der Waals surface area (Å²) in [6, 6.07) is 7.58. The number of aryl methyl sites for hydroxylation is 1. The van der Waals surface area contributed by atoms with Crippen molar-refractivity contribution >= 4 is 15.9 Å². The predicted molar refractivity (Wildman–Crippen MR) is 72.7 cm³/mol. The first-order chi connectivity index (χ1) is 8.69. The van der Waals surface area contributed by atoms with E-state index in [2.05, 4.69) is 21.0 Å². The maximum absolute atomic E-state index is 10.5. The van der Waals surface area contributed by atoms with Gasteiger partial charge in [0.15, 0.2) is 5.75 Å². The molecule has 4 nitrogen and oxygen atoms in total. The molecule has 2 rings (SSSR count). The maximum atomic E-state index is 10.5. The van der Waals surface area contributed by atoms with Crippen molar-refractivity contribution in [1.82, 2.24) is 9.78 Å². The van der Waals surface area contributed by atoms with Gasteiger partial charge >= 0.3 is 0 Å². The molecule has 0 aliphatic rings. The van der Waals surface area contributed by atoms with Crippen LogP contribution >= 0.6 is 15.9 Å². The molecule has 1 aromatic carbocycles. The van der Waals surface area contributed by atoms with Crippen LogP contribution in [0, 0.1) is 0 Å². The molecule has 0 amide bonds. The van der Waals surface area contributed by atoms with Gasteiger partial charge in [0.25, 0.3) is 0 Å². The number of nitrogens with zero attached hydrogens (tertiary/aromatic N) is 2. The van der Waals surface area contributed by atoms with Crippen LogP contribution in [0.15, 0.2) is 34.9 Å². The molecule has 1 unspecified atom stereocenters. The van der Waals surface area contributed by atoms with E-state index < -0.39 is 6.10 Å². The summed E-state index contributed by atoms with van der Waals surface area (Å²) in [5.41, 5.74) is 1.47. The highest BCUT2D eigenvalue weighted by molar-refractivity contribution is 9.10.